The molecule has 0 bridgehead atoms. The fourth-order valence-electron chi connectivity index (χ4n) is 3.13. The van der Waals surface area contributed by atoms with Gasteiger partial charge in [-0.15, -0.1) is 0 Å². The fraction of sp³-hybridized carbons (Fsp3) is 0.333. The third-order valence-corrected chi connectivity index (χ3v) is 4.77. The summed E-state index contributed by atoms with van der Waals surface area (Å²) < 4.78 is 10.6. The van der Waals surface area contributed by atoms with Crippen molar-refractivity contribution in [2.24, 2.45) is 0 Å². The Hall–Kier alpha value is -2.31. The molecule has 0 atom stereocenters. The Bertz CT molecular complexity index is 777. The zero-order valence-corrected chi connectivity index (χ0v) is 14.4. The molecule has 130 valence electrons. The summed E-state index contributed by atoms with van der Waals surface area (Å²) in [4.78, 5) is 21.0. The summed E-state index contributed by atoms with van der Waals surface area (Å²) in [6.45, 7) is 4.07. The molecule has 0 unspecified atom stereocenters. The molecule has 1 amide bonds. The Morgan fingerprint density at radius 1 is 1.12 bits per heavy atom. The normalized spacial score (nSPS) is 16.9. The molecule has 6 nitrogen and oxygen atoms in total. The molecule has 0 N–H and O–H groups in total. The van der Waals surface area contributed by atoms with E-state index in [1.54, 1.807) is 24.5 Å². The molecule has 3 heterocycles. The Kier molecular flexibility index (Phi) is 4.46. The van der Waals surface area contributed by atoms with Crippen LogP contribution in [0.2, 0.25) is 5.02 Å². The van der Waals surface area contributed by atoms with E-state index in [0.29, 0.717) is 35.2 Å². The van der Waals surface area contributed by atoms with E-state index in [4.69, 9.17) is 21.1 Å². The second-order valence-electron chi connectivity index (χ2n) is 6.12. The first-order valence-corrected chi connectivity index (χ1v) is 8.58. The van der Waals surface area contributed by atoms with Crippen molar-refractivity contribution in [1.82, 2.24) is 14.8 Å². The van der Waals surface area contributed by atoms with E-state index in [1.165, 1.54) is 5.56 Å². The van der Waals surface area contributed by atoms with E-state index in [2.05, 4.69) is 9.88 Å². The van der Waals surface area contributed by atoms with Gasteiger partial charge in [0.2, 0.25) is 6.79 Å². The van der Waals surface area contributed by atoms with Crippen LogP contribution < -0.4 is 9.47 Å². The van der Waals surface area contributed by atoms with Crippen molar-refractivity contribution >= 4 is 17.5 Å². The number of fused-ring (bicyclic) bond motifs is 1. The van der Waals surface area contributed by atoms with Crippen LogP contribution in [0.1, 0.15) is 15.9 Å². The number of pyridine rings is 1. The minimum atomic E-state index is -0.0243. The zero-order valence-electron chi connectivity index (χ0n) is 13.7. The largest absolute Gasteiger partial charge is 0.454 e. The Labute approximate surface area is 150 Å². The zero-order chi connectivity index (χ0) is 17.2. The maximum atomic E-state index is 12.8. The summed E-state index contributed by atoms with van der Waals surface area (Å²) in [5.41, 5.74) is 1.77. The number of hydrogen-bond donors (Lipinski definition) is 0. The second-order valence-corrected chi connectivity index (χ2v) is 6.52. The van der Waals surface area contributed by atoms with Crippen LogP contribution in [0.15, 0.2) is 36.7 Å². The van der Waals surface area contributed by atoms with Gasteiger partial charge >= 0.3 is 0 Å². The molecule has 2 aromatic rings. The van der Waals surface area contributed by atoms with Crippen LogP contribution in [0.25, 0.3) is 0 Å². The SMILES string of the molecule is O=C(c1cc(Cl)c2c(c1)OCO2)N1CCN(Cc2ccncc2)CC1. The summed E-state index contributed by atoms with van der Waals surface area (Å²) in [6, 6.07) is 7.40. The van der Waals surface area contributed by atoms with Crippen LogP contribution in [0.3, 0.4) is 0 Å². The van der Waals surface area contributed by atoms with E-state index in [-0.39, 0.29) is 12.7 Å². The molecule has 7 heteroatoms. The van der Waals surface area contributed by atoms with Crippen molar-refractivity contribution in [1.29, 1.82) is 0 Å². The number of rotatable bonds is 3. The standard InChI is InChI=1S/C18H18ClN3O3/c19-15-9-14(10-16-17(15)25-12-24-16)18(23)22-7-5-21(6-8-22)11-13-1-3-20-4-2-13/h1-4,9-10H,5-8,11-12H2. The van der Waals surface area contributed by atoms with Crippen LogP contribution in [0.5, 0.6) is 11.5 Å². The van der Waals surface area contributed by atoms with Gasteiger partial charge in [0.1, 0.15) is 0 Å². The molecule has 0 spiro atoms. The number of carbonyl (C=O) groups excluding carboxylic acids is 1. The number of nitrogens with zero attached hydrogens (tertiary/aromatic N) is 3. The molecular weight excluding hydrogens is 342 g/mol. The molecule has 1 aromatic carbocycles. The molecule has 2 aliphatic rings. The van der Waals surface area contributed by atoms with Gasteiger partial charge in [0.05, 0.1) is 5.02 Å². The Morgan fingerprint density at radius 2 is 1.88 bits per heavy atom. The number of benzene rings is 1. The predicted octanol–water partition coefficient (Wildman–Crippen LogP) is 2.42. The van der Waals surface area contributed by atoms with Gasteiger partial charge in [-0.25, -0.2) is 0 Å². The smallest absolute Gasteiger partial charge is 0.254 e. The number of ether oxygens (including phenoxy) is 2. The average molecular weight is 360 g/mol. The molecule has 1 saturated heterocycles. The van der Waals surface area contributed by atoms with Gasteiger partial charge < -0.3 is 14.4 Å². The van der Waals surface area contributed by atoms with Crippen LogP contribution >= 0.6 is 11.6 Å². The minimum absolute atomic E-state index is 0.0243. The van der Waals surface area contributed by atoms with E-state index < -0.39 is 0 Å². The summed E-state index contributed by atoms with van der Waals surface area (Å²) in [5, 5.41) is 0.412. The number of carbonyl (C=O) groups is 1. The van der Waals surface area contributed by atoms with Crippen molar-refractivity contribution in [3.63, 3.8) is 0 Å². The molecule has 2 aliphatic heterocycles. The molecule has 4 rings (SSSR count). The lowest BCUT2D eigenvalue weighted by atomic mass is 10.1. The van der Waals surface area contributed by atoms with E-state index in [9.17, 15) is 4.79 Å². The molecule has 1 aromatic heterocycles. The molecule has 25 heavy (non-hydrogen) atoms. The number of amides is 1. The maximum absolute atomic E-state index is 12.8. The number of hydrogen-bond acceptors (Lipinski definition) is 5. The minimum Gasteiger partial charge on any atom is -0.454 e. The van der Waals surface area contributed by atoms with Gasteiger partial charge in [-0.1, -0.05) is 11.6 Å². The van der Waals surface area contributed by atoms with Crippen molar-refractivity contribution in [3.05, 3.63) is 52.8 Å². The van der Waals surface area contributed by atoms with E-state index in [0.717, 1.165) is 19.6 Å². The van der Waals surface area contributed by atoms with Crippen molar-refractivity contribution in [2.75, 3.05) is 33.0 Å². The highest BCUT2D eigenvalue weighted by molar-refractivity contribution is 6.32. The highest BCUT2D eigenvalue weighted by Gasteiger charge is 2.25. The number of piperazine rings is 1. The first-order chi connectivity index (χ1) is 12.2. The van der Waals surface area contributed by atoms with Gasteiger partial charge in [0, 0.05) is 50.7 Å². The summed E-state index contributed by atoms with van der Waals surface area (Å²) in [7, 11) is 0. The highest BCUT2D eigenvalue weighted by atomic mass is 35.5. The highest BCUT2D eigenvalue weighted by Crippen LogP contribution is 2.40. The first kappa shape index (κ1) is 16.2. The molecule has 0 aliphatic carbocycles. The Morgan fingerprint density at radius 3 is 2.64 bits per heavy atom. The lowest BCUT2D eigenvalue weighted by Crippen LogP contribution is -2.48. The summed E-state index contributed by atoms with van der Waals surface area (Å²) in [5.74, 6) is 1.02. The number of aromatic nitrogens is 1. The fourth-order valence-corrected chi connectivity index (χ4v) is 3.39. The lowest BCUT2D eigenvalue weighted by Gasteiger charge is -2.34. The van der Waals surface area contributed by atoms with E-state index in [1.807, 2.05) is 17.0 Å². The van der Waals surface area contributed by atoms with E-state index >= 15 is 0 Å². The lowest BCUT2D eigenvalue weighted by molar-refractivity contribution is 0.0628. The van der Waals surface area contributed by atoms with Crippen molar-refractivity contribution < 1.29 is 14.3 Å². The number of halogens is 1. The van der Waals surface area contributed by atoms with Gasteiger partial charge in [-0.3, -0.25) is 14.7 Å². The summed E-state index contributed by atoms with van der Waals surface area (Å²) >= 11 is 6.18. The topological polar surface area (TPSA) is 54.9 Å². The van der Waals surface area contributed by atoms with Gasteiger partial charge in [-0.2, -0.15) is 0 Å². The summed E-state index contributed by atoms with van der Waals surface area (Å²) in [6.07, 6.45) is 3.61. The molecule has 0 saturated carbocycles. The van der Waals surface area contributed by atoms with Gasteiger partial charge in [0.25, 0.3) is 5.91 Å². The van der Waals surface area contributed by atoms with Gasteiger partial charge in [-0.05, 0) is 29.8 Å². The molecule has 0 radical (unpaired) electrons. The van der Waals surface area contributed by atoms with Crippen LogP contribution in [0, 0.1) is 0 Å². The predicted molar refractivity (Wildman–Crippen MR) is 93.0 cm³/mol. The van der Waals surface area contributed by atoms with Crippen molar-refractivity contribution in [2.45, 2.75) is 6.54 Å². The second kappa shape index (κ2) is 6.90. The third-order valence-electron chi connectivity index (χ3n) is 4.49. The van der Waals surface area contributed by atoms with Crippen LogP contribution in [0.4, 0.5) is 0 Å². The quantitative estimate of drug-likeness (QED) is 0.842. The maximum Gasteiger partial charge on any atom is 0.254 e. The average Bonchev–Trinajstić information content (AvgIpc) is 3.12. The van der Waals surface area contributed by atoms with Gasteiger partial charge in [0.15, 0.2) is 11.5 Å². The molecule has 1 fully saturated rings. The van der Waals surface area contributed by atoms with Crippen LogP contribution in [-0.4, -0.2) is 53.7 Å². The first-order valence-electron chi connectivity index (χ1n) is 8.20. The monoisotopic (exact) mass is 359 g/mol. The third kappa shape index (κ3) is 3.41. The molecular formula is C18H18ClN3O3. The Balaban J connectivity index is 1.39. The van der Waals surface area contributed by atoms with Crippen LogP contribution in [-0.2, 0) is 6.54 Å². The van der Waals surface area contributed by atoms with Crippen molar-refractivity contribution in [3.8, 4) is 11.5 Å².